The molecule has 0 fully saturated rings. The molecule has 0 saturated carbocycles. The van der Waals surface area contributed by atoms with E-state index in [1.807, 2.05) is 11.9 Å². The lowest BCUT2D eigenvalue weighted by Crippen LogP contribution is -2.30. The van der Waals surface area contributed by atoms with Gasteiger partial charge in [0.25, 0.3) is 0 Å². The van der Waals surface area contributed by atoms with E-state index in [0.717, 1.165) is 29.7 Å². The Bertz CT molecular complexity index is 583. The van der Waals surface area contributed by atoms with Crippen LogP contribution >= 0.6 is 11.6 Å². The van der Waals surface area contributed by atoms with Gasteiger partial charge in [-0.05, 0) is 36.1 Å². The van der Waals surface area contributed by atoms with Crippen molar-refractivity contribution < 1.29 is 8.78 Å². The number of benzene rings is 1. The first-order chi connectivity index (χ1) is 9.08. The van der Waals surface area contributed by atoms with Crippen molar-refractivity contribution >= 4 is 17.8 Å². The summed E-state index contributed by atoms with van der Waals surface area (Å²) in [4.78, 5) is 6.09. The Labute approximate surface area is 115 Å². The van der Waals surface area contributed by atoms with Gasteiger partial charge >= 0.3 is 0 Å². The van der Waals surface area contributed by atoms with Gasteiger partial charge in [-0.1, -0.05) is 17.7 Å². The molecule has 1 aromatic rings. The Morgan fingerprint density at radius 2 is 2.11 bits per heavy atom. The second-order valence-corrected chi connectivity index (χ2v) is 5.27. The first kappa shape index (κ1) is 12.6. The minimum Gasteiger partial charge on any atom is -0.343 e. The molecule has 19 heavy (non-hydrogen) atoms. The van der Waals surface area contributed by atoms with Crippen molar-refractivity contribution in [3.05, 3.63) is 46.7 Å². The van der Waals surface area contributed by atoms with Gasteiger partial charge in [-0.3, -0.25) is 4.99 Å². The molecular weight excluding hydrogens is 270 g/mol. The van der Waals surface area contributed by atoms with Crippen LogP contribution < -0.4 is 0 Å². The van der Waals surface area contributed by atoms with Crippen LogP contribution in [-0.4, -0.2) is 23.8 Å². The van der Waals surface area contributed by atoms with Crippen molar-refractivity contribution in [3.63, 3.8) is 0 Å². The maximum atomic E-state index is 13.4. The summed E-state index contributed by atoms with van der Waals surface area (Å²) in [6, 6.07) is 4.10. The number of hydrogen-bond acceptors (Lipinski definition) is 2. The van der Waals surface area contributed by atoms with E-state index >= 15 is 0 Å². The second kappa shape index (κ2) is 4.60. The molecule has 0 spiro atoms. The quantitative estimate of drug-likeness (QED) is 0.567. The normalized spacial score (nSPS) is 26.0. The SMILES string of the molecule is CN1C2=C(C=NC1Cl)CCC2c1ccc(F)c(F)c1. The van der Waals surface area contributed by atoms with Crippen molar-refractivity contribution in [2.45, 2.75) is 24.4 Å². The maximum Gasteiger partial charge on any atom is 0.197 e. The van der Waals surface area contributed by atoms with Crippen LogP contribution in [0.5, 0.6) is 0 Å². The van der Waals surface area contributed by atoms with Crippen LogP contribution in [0.3, 0.4) is 0 Å². The van der Waals surface area contributed by atoms with Crippen LogP contribution in [-0.2, 0) is 0 Å². The molecule has 0 bridgehead atoms. The highest BCUT2D eigenvalue weighted by atomic mass is 35.5. The minimum absolute atomic E-state index is 0.0584. The number of rotatable bonds is 1. The molecule has 1 aliphatic carbocycles. The molecule has 0 N–H and O–H groups in total. The first-order valence-electron chi connectivity index (χ1n) is 6.16. The Morgan fingerprint density at radius 1 is 1.32 bits per heavy atom. The van der Waals surface area contributed by atoms with Crippen LogP contribution in [0.2, 0.25) is 0 Å². The number of halogens is 3. The fraction of sp³-hybridized carbons (Fsp3) is 0.357. The third kappa shape index (κ3) is 2.04. The van der Waals surface area contributed by atoms with Gasteiger partial charge in [0.05, 0.1) is 0 Å². The smallest absolute Gasteiger partial charge is 0.197 e. The zero-order valence-electron chi connectivity index (χ0n) is 10.4. The highest BCUT2D eigenvalue weighted by Gasteiger charge is 2.33. The highest BCUT2D eigenvalue weighted by molar-refractivity contribution is 6.21. The van der Waals surface area contributed by atoms with Crippen molar-refractivity contribution in [2.75, 3.05) is 7.05 Å². The Hall–Kier alpha value is -1.42. The van der Waals surface area contributed by atoms with Crippen molar-refractivity contribution in [3.8, 4) is 0 Å². The van der Waals surface area contributed by atoms with Crippen LogP contribution in [0.15, 0.2) is 34.5 Å². The minimum atomic E-state index is -0.815. The highest BCUT2D eigenvalue weighted by Crippen LogP contribution is 2.43. The summed E-state index contributed by atoms with van der Waals surface area (Å²) in [5.41, 5.74) is 2.56. The summed E-state index contributed by atoms with van der Waals surface area (Å²) < 4.78 is 26.4. The van der Waals surface area contributed by atoms with Gasteiger partial charge in [0.1, 0.15) is 0 Å². The van der Waals surface area contributed by atoms with Crippen molar-refractivity contribution in [2.24, 2.45) is 4.99 Å². The van der Waals surface area contributed by atoms with Gasteiger partial charge in [0.15, 0.2) is 17.3 Å². The molecule has 100 valence electrons. The van der Waals surface area contributed by atoms with E-state index in [4.69, 9.17) is 11.6 Å². The van der Waals surface area contributed by atoms with E-state index in [0.29, 0.717) is 0 Å². The topological polar surface area (TPSA) is 15.6 Å². The number of nitrogens with zero attached hydrogens (tertiary/aromatic N) is 2. The van der Waals surface area contributed by atoms with E-state index in [1.165, 1.54) is 12.1 Å². The molecule has 2 atom stereocenters. The van der Waals surface area contributed by atoms with Gasteiger partial charge in [-0.25, -0.2) is 8.78 Å². The summed E-state index contributed by atoms with van der Waals surface area (Å²) in [6.07, 6.45) is 3.55. The largest absolute Gasteiger partial charge is 0.343 e. The average molecular weight is 283 g/mol. The van der Waals surface area contributed by atoms with Gasteiger partial charge in [0, 0.05) is 24.9 Å². The summed E-state index contributed by atoms with van der Waals surface area (Å²) in [5, 5.41) is 0. The fourth-order valence-corrected chi connectivity index (χ4v) is 2.97. The lowest BCUT2D eigenvalue weighted by atomic mass is 9.95. The second-order valence-electron chi connectivity index (χ2n) is 4.88. The number of likely N-dealkylation sites (N-methyl/N-ethyl adjacent to an activating group) is 1. The molecule has 1 heterocycles. The van der Waals surface area contributed by atoms with Gasteiger partial charge in [-0.15, -0.1) is 0 Å². The van der Waals surface area contributed by atoms with Crippen molar-refractivity contribution in [1.29, 1.82) is 0 Å². The van der Waals surface area contributed by atoms with Crippen LogP contribution in [0.1, 0.15) is 24.3 Å². The standard InChI is InChI=1S/C14H13ClF2N2/c1-19-13-9(7-18-14(19)15)2-4-10(13)8-3-5-11(16)12(17)6-8/h3,5-7,10,14H,2,4H2,1H3. The number of allylic oxidation sites excluding steroid dienone is 2. The third-order valence-electron chi connectivity index (χ3n) is 3.76. The molecule has 1 aromatic carbocycles. The van der Waals surface area contributed by atoms with Crippen LogP contribution in [0.25, 0.3) is 0 Å². The molecule has 0 saturated heterocycles. The predicted octanol–water partition coefficient (Wildman–Crippen LogP) is 3.63. The zero-order valence-corrected chi connectivity index (χ0v) is 11.2. The molecule has 5 heteroatoms. The molecule has 1 aliphatic heterocycles. The Balaban J connectivity index is 2.00. The molecule has 2 unspecified atom stereocenters. The lowest BCUT2D eigenvalue weighted by molar-refractivity contribution is 0.366. The molecule has 0 amide bonds. The van der Waals surface area contributed by atoms with E-state index in [-0.39, 0.29) is 5.92 Å². The fourth-order valence-electron chi connectivity index (χ4n) is 2.81. The van der Waals surface area contributed by atoms with Crippen molar-refractivity contribution in [1.82, 2.24) is 4.90 Å². The first-order valence-corrected chi connectivity index (χ1v) is 6.59. The van der Waals surface area contributed by atoms with Gasteiger partial charge < -0.3 is 4.90 Å². The number of aliphatic imine (C=N–C) groups is 1. The van der Waals surface area contributed by atoms with E-state index in [9.17, 15) is 8.78 Å². The predicted molar refractivity (Wildman–Crippen MR) is 71.3 cm³/mol. The average Bonchev–Trinajstić information content (AvgIpc) is 2.82. The molecule has 2 aliphatic rings. The van der Waals surface area contributed by atoms with Crippen LogP contribution in [0.4, 0.5) is 8.78 Å². The molecular formula is C14H13ClF2N2. The summed E-state index contributed by atoms with van der Waals surface area (Å²) in [7, 11) is 1.88. The zero-order chi connectivity index (χ0) is 13.6. The van der Waals surface area contributed by atoms with Crippen LogP contribution in [0, 0.1) is 11.6 Å². The number of hydrogen-bond donors (Lipinski definition) is 0. The van der Waals surface area contributed by atoms with E-state index in [1.54, 1.807) is 12.3 Å². The van der Waals surface area contributed by atoms with E-state index < -0.39 is 17.3 Å². The summed E-state index contributed by atoms with van der Waals surface area (Å²) >= 11 is 6.10. The Morgan fingerprint density at radius 3 is 2.84 bits per heavy atom. The summed E-state index contributed by atoms with van der Waals surface area (Å²) in [5.74, 6) is -1.56. The molecule has 0 radical (unpaired) electrons. The monoisotopic (exact) mass is 282 g/mol. The van der Waals surface area contributed by atoms with Gasteiger partial charge in [0.2, 0.25) is 0 Å². The van der Waals surface area contributed by atoms with E-state index in [2.05, 4.69) is 4.99 Å². The molecule has 2 nitrogen and oxygen atoms in total. The maximum absolute atomic E-state index is 13.4. The Kier molecular flexibility index (Phi) is 3.05. The van der Waals surface area contributed by atoms with Gasteiger partial charge in [-0.2, -0.15) is 0 Å². The lowest BCUT2D eigenvalue weighted by Gasteiger charge is -2.31. The number of alkyl halides is 1. The molecule has 0 aromatic heterocycles. The molecule has 3 rings (SSSR count). The third-order valence-corrected chi connectivity index (χ3v) is 4.17. The summed E-state index contributed by atoms with van der Waals surface area (Å²) in [6.45, 7) is 0.